The molecule has 0 amide bonds. The Hall–Kier alpha value is -1.69. The van der Waals surface area contributed by atoms with Crippen LogP contribution in [0.15, 0.2) is 64.6 Å². The quantitative estimate of drug-likeness (QED) is 0.466. The third-order valence-corrected chi connectivity index (χ3v) is 11.2. The van der Waals surface area contributed by atoms with E-state index in [0.29, 0.717) is 41.2 Å². The zero-order valence-corrected chi connectivity index (χ0v) is 22.0. The van der Waals surface area contributed by atoms with E-state index in [1.54, 1.807) is 12.1 Å². The summed E-state index contributed by atoms with van der Waals surface area (Å²) < 4.78 is 26.5. The van der Waals surface area contributed by atoms with Gasteiger partial charge in [0.2, 0.25) is 0 Å². The highest BCUT2D eigenvalue weighted by Gasteiger charge is 2.50. The molecule has 0 aromatic heterocycles. The van der Waals surface area contributed by atoms with E-state index in [1.807, 2.05) is 0 Å². The maximum Gasteiger partial charge on any atom is 0.123 e. The molecule has 2 N–H and O–H groups in total. The molecule has 3 nitrogen and oxygen atoms in total. The lowest BCUT2D eigenvalue weighted by molar-refractivity contribution is 0.0861. The van der Waals surface area contributed by atoms with Crippen molar-refractivity contribution in [2.45, 2.75) is 82.3 Å². The van der Waals surface area contributed by atoms with E-state index < -0.39 is 21.7 Å². The van der Waals surface area contributed by atoms with Gasteiger partial charge in [-0.1, -0.05) is 38.2 Å². The third-order valence-electron chi connectivity index (χ3n) is 9.14. The molecule has 1 unspecified atom stereocenters. The van der Waals surface area contributed by atoms with E-state index in [2.05, 4.69) is 38.4 Å². The molecule has 7 atom stereocenters. The number of allylic oxidation sites excluding steroid dienone is 3. The minimum atomic E-state index is -2.43. The van der Waals surface area contributed by atoms with Crippen molar-refractivity contribution in [3.05, 3.63) is 65.5 Å². The van der Waals surface area contributed by atoms with Crippen LogP contribution in [0.5, 0.6) is 0 Å². The second-order valence-corrected chi connectivity index (χ2v) is 13.9. The Kier molecular flexibility index (Phi) is 7.80. The first-order chi connectivity index (χ1) is 16.5. The van der Waals surface area contributed by atoms with E-state index >= 15 is 0 Å². The van der Waals surface area contributed by atoms with Crippen molar-refractivity contribution >= 4 is 15.4 Å². The van der Waals surface area contributed by atoms with Gasteiger partial charge in [-0.05, 0) is 119 Å². The average Bonchev–Trinajstić information content (AvgIpc) is 3.17. The monoisotopic (exact) mass is 500 g/mol. The van der Waals surface area contributed by atoms with Gasteiger partial charge in [-0.25, -0.2) is 4.39 Å². The standard InChI is InChI=1S/C30H41FO3S/c1-20(15-17-35(4,34)26-11-9-24(31)10-12-26)27-13-14-28-22(6-5-16-30(27,28)3)7-8-23-18-25(32)19-29(33)21(23)2/h7-12,20,25,27-29,32-33H,2,4-6,13-19H2,1,3H3/b22-7+,23-8-/t20-,25-,27-,28+,29+,30-,35?/m1/s1. The van der Waals surface area contributed by atoms with Crippen LogP contribution in [0, 0.1) is 29.0 Å². The highest BCUT2D eigenvalue weighted by Crippen LogP contribution is 2.59. The molecule has 3 aliphatic rings. The largest absolute Gasteiger partial charge is 0.393 e. The lowest BCUT2D eigenvalue weighted by atomic mass is 9.61. The molecular weight excluding hydrogens is 459 g/mol. The number of halogens is 1. The van der Waals surface area contributed by atoms with Crippen molar-refractivity contribution < 1.29 is 18.8 Å². The molecule has 0 radical (unpaired) electrons. The smallest absolute Gasteiger partial charge is 0.123 e. The Morgan fingerprint density at radius 2 is 1.94 bits per heavy atom. The summed E-state index contributed by atoms with van der Waals surface area (Å²) in [4.78, 5) is 0.636. The Labute approximate surface area is 210 Å². The van der Waals surface area contributed by atoms with Gasteiger partial charge < -0.3 is 10.2 Å². The van der Waals surface area contributed by atoms with E-state index in [1.165, 1.54) is 43.4 Å². The molecular formula is C30H41FO3S. The zero-order chi connectivity index (χ0) is 25.4. The summed E-state index contributed by atoms with van der Waals surface area (Å²) in [5.41, 5.74) is 3.41. The van der Waals surface area contributed by atoms with E-state index in [4.69, 9.17) is 0 Å². The van der Waals surface area contributed by atoms with E-state index in [-0.39, 0.29) is 11.2 Å². The Balaban J connectivity index is 1.45. The van der Waals surface area contributed by atoms with Crippen LogP contribution >= 0.6 is 0 Å². The van der Waals surface area contributed by atoms with Crippen LogP contribution in [0.1, 0.15) is 65.2 Å². The van der Waals surface area contributed by atoms with Crippen molar-refractivity contribution in [2.24, 2.45) is 23.2 Å². The topological polar surface area (TPSA) is 57.5 Å². The Morgan fingerprint density at radius 3 is 2.66 bits per heavy atom. The molecule has 35 heavy (non-hydrogen) atoms. The van der Waals surface area contributed by atoms with Gasteiger partial charge in [0.25, 0.3) is 0 Å². The summed E-state index contributed by atoms with van der Waals surface area (Å²) in [6.07, 6.45) is 10.8. The molecule has 3 saturated carbocycles. The van der Waals surface area contributed by atoms with Gasteiger partial charge in [-0.2, -0.15) is 0 Å². The molecule has 0 bridgehead atoms. The SMILES string of the molecule is C=C1/C(=C\C=C2/CCC[C@]3(C)[C@@H]([C@H](C)CCS(=C)(=O)c4ccc(F)cc4)CC[C@@H]23)C[C@@H](O)C[C@@H]1O. The number of hydrogen-bond donors (Lipinski definition) is 2. The van der Waals surface area contributed by atoms with Crippen LogP contribution in [-0.2, 0) is 9.52 Å². The molecule has 0 saturated heterocycles. The first-order valence-corrected chi connectivity index (χ1v) is 15.0. The van der Waals surface area contributed by atoms with Gasteiger partial charge in [-0.3, -0.25) is 4.21 Å². The molecule has 0 heterocycles. The van der Waals surface area contributed by atoms with Gasteiger partial charge in [0.15, 0.2) is 0 Å². The number of aliphatic hydroxyl groups is 2. The number of benzene rings is 1. The average molecular weight is 501 g/mol. The van der Waals surface area contributed by atoms with Crippen molar-refractivity contribution in [3.63, 3.8) is 0 Å². The third kappa shape index (κ3) is 5.52. The summed E-state index contributed by atoms with van der Waals surface area (Å²) in [6, 6.07) is 5.94. The molecule has 0 spiro atoms. The Morgan fingerprint density at radius 1 is 1.23 bits per heavy atom. The molecule has 192 valence electrons. The molecule has 3 fully saturated rings. The molecule has 1 aromatic carbocycles. The normalized spacial score (nSPS) is 36.2. The summed E-state index contributed by atoms with van der Waals surface area (Å²) >= 11 is 0. The van der Waals surface area contributed by atoms with Gasteiger partial charge >= 0.3 is 0 Å². The van der Waals surface area contributed by atoms with Crippen LogP contribution in [-0.4, -0.2) is 38.3 Å². The van der Waals surface area contributed by atoms with Gasteiger partial charge in [0.1, 0.15) is 5.82 Å². The number of aliphatic hydroxyl groups excluding tert-OH is 2. The van der Waals surface area contributed by atoms with Crippen LogP contribution in [0.2, 0.25) is 0 Å². The first kappa shape index (κ1) is 26.4. The number of rotatable bonds is 6. The van der Waals surface area contributed by atoms with Crippen molar-refractivity contribution in [3.8, 4) is 0 Å². The molecule has 0 aliphatic heterocycles. The molecule has 1 aromatic rings. The maximum absolute atomic E-state index is 13.3. The number of fused-ring (bicyclic) bond motifs is 1. The highest BCUT2D eigenvalue weighted by molar-refractivity contribution is 8.00. The van der Waals surface area contributed by atoms with Crippen molar-refractivity contribution in [1.82, 2.24) is 0 Å². The summed E-state index contributed by atoms with van der Waals surface area (Å²) in [7, 11) is -2.43. The van der Waals surface area contributed by atoms with E-state index in [0.717, 1.165) is 24.0 Å². The fourth-order valence-corrected chi connectivity index (χ4v) is 8.68. The van der Waals surface area contributed by atoms with E-state index in [9.17, 15) is 18.8 Å². The van der Waals surface area contributed by atoms with Gasteiger partial charge in [-0.15, -0.1) is 0 Å². The fraction of sp³-hybridized carbons (Fsp3) is 0.567. The predicted molar refractivity (Wildman–Crippen MR) is 143 cm³/mol. The minimum Gasteiger partial charge on any atom is -0.393 e. The predicted octanol–water partition coefficient (Wildman–Crippen LogP) is 6.07. The van der Waals surface area contributed by atoms with Crippen LogP contribution < -0.4 is 0 Å². The Bertz CT molecular complexity index is 1100. The van der Waals surface area contributed by atoms with Crippen molar-refractivity contribution in [1.29, 1.82) is 0 Å². The molecule has 4 rings (SSSR count). The highest BCUT2D eigenvalue weighted by atomic mass is 32.2. The first-order valence-electron chi connectivity index (χ1n) is 13.1. The summed E-state index contributed by atoms with van der Waals surface area (Å²) in [5, 5.41) is 20.3. The summed E-state index contributed by atoms with van der Waals surface area (Å²) in [6.45, 7) is 8.79. The second-order valence-electron chi connectivity index (χ2n) is 11.4. The lowest BCUT2D eigenvalue weighted by Gasteiger charge is -2.44. The number of hydrogen-bond acceptors (Lipinski definition) is 3. The zero-order valence-electron chi connectivity index (χ0n) is 21.2. The molecule has 3 aliphatic carbocycles. The van der Waals surface area contributed by atoms with Gasteiger partial charge in [0, 0.05) is 17.1 Å². The minimum absolute atomic E-state index is 0.225. The van der Waals surface area contributed by atoms with Crippen LogP contribution in [0.25, 0.3) is 0 Å². The van der Waals surface area contributed by atoms with Crippen molar-refractivity contribution in [2.75, 3.05) is 5.75 Å². The van der Waals surface area contributed by atoms with Crippen LogP contribution in [0.3, 0.4) is 0 Å². The fourth-order valence-electron chi connectivity index (χ4n) is 7.06. The molecule has 5 heteroatoms. The van der Waals surface area contributed by atoms with Gasteiger partial charge in [0.05, 0.1) is 12.2 Å². The summed E-state index contributed by atoms with van der Waals surface area (Å²) in [5.74, 6) is 5.76. The second kappa shape index (κ2) is 10.4. The maximum atomic E-state index is 13.3. The lowest BCUT2D eigenvalue weighted by Crippen LogP contribution is -2.36. The van der Waals surface area contributed by atoms with Crippen LogP contribution in [0.4, 0.5) is 4.39 Å².